The molecule has 0 aliphatic rings. The third kappa shape index (κ3) is 58.8. The van der Waals surface area contributed by atoms with Crippen molar-refractivity contribution < 1.29 is 4.42 Å². The van der Waals surface area contributed by atoms with Gasteiger partial charge in [0.1, 0.15) is 17.4 Å². The lowest BCUT2D eigenvalue weighted by Crippen LogP contribution is -1.85. The van der Waals surface area contributed by atoms with Crippen molar-refractivity contribution in [1.29, 1.82) is 0 Å². The Morgan fingerprint density at radius 3 is 0.694 bits per heavy atom. The van der Waals surface area contributed by atoms with Crippen LogP contribution in [0.25, 0.3) is 100 Å². The van der Waals surface area contributed by atoms with Crippen molar-refractivity contribution in [2.75, 3.05) is 0 Å². The van der Waals surface area contributed by atoms with Crippen LogP contribution in [0.4, 0.5) is 0 Å². The van der Waals surface area contributed by atoms with E-state index in [0.717, 1.165) is 82.8 Å². The quantitative estimate of drug-likeness (QED) is 0.146. The Labute approximate surface area is 813 Å². The normalized spacial score (nSPS) is 8.30. The fourth-order valence-electron chi connectivity index (χ4n) is 9.09. The molecule has 0 saturated heterocycles. The third-order valence-electron chi connectivity index (χ3n) is 14.2. The molecule has 0 fully saturated rings. The molecule has 19 rings (SSSR count). The minimum Gasteiger partial charge on any atom is -0.416 e. The van der Waals surface area contributed by atoms with Crippen LogP contribution < -0.4 is 0 Å². The number of rotatable bonds is 2. The molecule has 19 aromatic rings. The summed E-state index contributed by atoms with van der Waals surface area (Å²) in [5, 5.41) is 16.5. The summed E-state index contributed by atoms with van der Waals surface area (Å²) in [5.74, 6) is 1.10. The van der Waals surface area contributed by atoms with Crippen molar-refractivity contribution in [3.63, 3.8) is 0 Å². The molecule has 10 heterocycles. The molecule has 9 aromatic carbocycles. The molecule has 20 heteroatoms. The highest BCUT2D eigenvalue weighted by Gasteiger charge is 2.10. The van der Waals surface area contributed by atoms with Gasteiger partial charge < -0.3 is 4.42 Å². The van der Waals surface area contributed by atoms with Crippen LogP contribution >= 0.6 is 11.7 Å². The first kappa shape index (κ1) is 133. The van der Waals surface area contributed by atoms with Gasteiger partial charge in [-0.25, -0.2) is 29.9 Å². The number of aromatic nitrogens is 18. The summed E-state index contributed by atoms with van der Waals surface area (Å²) in [6.07, 6.45) is 23.4. The first-order chi connectivity index (χ1) is 66.3. The zero-order valence-electron chi connectivity index (χ0n) is 88.2. The van der Waals surface area contributed by atoms with Crippen LogP contribution in [0.15, 0.2) is 346 Å². The average Bonchev–Trinajstić information content (AvgIpc) is 1.10. The second-order valence-electron chi connectivity index (χ2n) is 21.7. The van der Waals surface area contributed by atoms with E-state index in [-0.39, 0.29) is 0 Å². The molecule has 10 aromatic heterocycles. The Bertz CT molecular complexity index is 4710. The van der Waals surface area contributed by atoms with Gasteiger partial charge in [-0.05, 0) is 166 Å². The summed E-state index contributed by atoms with van der Waals surface area (Å²) in [6, 6.07) is 83.0. The highest BCUT2D eigenvalue weighted by Crippen LogP contribution is 2.25. The molecule has 0 atom stereocenters. The molecule has 0 spiro atoms. The summed E-state index contributed by atoms with van der Waals surface area (Å²) < 4.78 is 14.1. The van der Waals surface area contributed by atoms with E-state index in [1.807, 2.05) is 452 Å². The topological polar surface area (TPSA) is 245 Å². The van der Waals surface area contributed by atoms with Crippen LogP contribution in [0.2, 0.25) is 0 Å². The van der Waals surface area contributed by atoms with Crippen LogP contribution in [0.5, 0.6) is 0 Å². The summed E-state index contributed by atoms with van der Waals surface area (Å²) in [6.45, 7) is 72.2. The minimum atomic E-state index is 0.551. The first-order valence-corrected chi connectivity index (χ1v) is 48.9. The fourth-order valence-corrected chi connectivity index (χ4v) is 9.76. The van der Waals surface area contributed by atoms with E-state index in [2.05, 4.69) is 141 Å². The predicted molar refractivity (Wildman–Crippen MR) is 589 cm³/mol. The summed E-state index contributed by atoms with van der Waals surface area (Å²) in [7, 11) is 0. The van der Waals surface area contributed by atoms with Gasteiger partial charge >= 0.3 is 0 Å². The van der Waals surface area contributed by atoms with E-state index < -0.39 is 0 Å². The number of aryl methyl sites for hydroxylation is 4. The molecule has 0 aliphatic heterocycles. The van der Waals surface area contributed by atoms with Crippen molar-refractivity contribution in [1.82, 2.24) is 88.9 Å². The maximum atomic E-state index is 5.71. The molecular weight excluding hydrogens is 1670 g/mol. The lowest BCUT2D eigenvalue weighted by molar-refractivity contribution is 0.584. The van der Waals surface area contributed by atoms with E-state index in [1.165, 1.54) is 45.7 Å². The van der Waals surface area contributed by atoms with Gasteiger partial charge in [0.2, 0.25) is 11.8 Å². The molecule has 0 bridgehead atoms. The van der Waals surface area contributed by atoms with Crippen molar-refractivity contribution in [3.05, 3.63) is 364 Å². The molecule has 722 valence electrons. The molecule has 0 N–H and O–H groups in total. The molecule has 134 heavy (non-hydrogen) atoms. The van der Waals surface area contributed by atoms with Gasteiger partial charge in [0, 0.05) is 97.1 Å². The summed E-state index contributed by atoms with van der Waals surface area (Å²) in [5.41, 5.74) is 19.4. The van der Waals surface area contributed by atoms with E-state index in [4.69, 9.17) is 4.42 Å². The smallest absolute Gasteiger partial charge is 0.248 e. The molecule has 19 nitrogen and oxygen atoms in total. The molecule has 0 radical (unpaired) electrons. The van der Waals surface area contributed by atoms with Crippen LogP contribution in [0.1, 0.15) is 244 Å². The van der Waals surface area contributed by atoms with Gasteiger partial charge in [0.15, 0.2) is 0 Å². The van der Waals surface area contributed by atoms with Crippen molar-refractivity contribution >= 4 is 88.8 Å². The Kier molecular flexibility index (Phi) is 101. The molecule has 0 amide bonds. The Hall–Kier alpha value is -13.7. The van der Waals surface area contributed by atoms with Crippen molar-refractivity contribution in [3.8, 4) is 22.9 Å². The van der Waals surface area contributed by atoms with E-state index in [0.29, 0.717) is 11.8 Å². The van der Waals surface area contributed by atoms with Crippen molar-refractivity contribution in [2.24, 2.45) is 0 Å². The SMILES string of the molecule is CC.CC.CC.CC.CC.CC.CC.CC.CC.CC.CC.CC.CC.CC.CC.CC.Cc1ccc(-c2nnc(-c3ccc(C)cc3)o2)cc1.Cc1ccc(C)c2nsnc12.c1ccc2nc3ccccc3nc2c1.c1ccc2nc3ccccc3nc2c1.c1ccc2ncccc2c1.c1ccc2nccnc2c1.c1ccncc1.c1ccnnc1.c1cnccn1.c1cncnc1. The Morgan fingerprint density at radius 2 is 0.455 bits per heavy atom. The van der Waals surface area contributed by atoms with Gasteiger partial charge in [0.25, 0.3) is 0 Å². The number of nitrogens with zero attached hydrogens (tertiary/aromatic N) is 18. The number of hydrogen-bond donors (Lipinski definition) is 0. The van der Waals surface area contributed by atoms with Gasteiger partial charge in [-0.15, -0.1) is 10.2 Å². The highest BCUT2D eigenvalue weighted by atomic mass is 32.1. The van der Waals surface area contributed by atoms with Crippen LogP contribution in [-0.4, -0.2) is 88.9 Å². The standard InChI is InChI=1S/C16H14N2O.2C12H8N2.C9H7N.C8H8N2S.C8H6N2.C5H5N.3C4H4N2.16C2H6/c1-11-3-7-13(8-4-11)15-17-18-16(19-15)14-9-5-12(2)6-10-14;2*1-2-6-10-9(5-1)13-11-7-3-4-8-12(11)14-10;1-2-6-9-8(4-1)5-3-7-10-9;1-5-3-4-6(2)8-7(5)9-11-10-8;1-2-4-8-7(3-1)9-5-6-10-8;1-2-4-6-5-3-1;1-2-6-4-3-5-1;1-2-5-4-6-3-1;1-2-4-6-5-3-1;16*1-2/h3-10H,1-2H3;2*1-8H;1-7H;3-4H,1-2H3;1-6H;1-5H;3*1-4H;16*1-2H3. The largest absolute Gasteiger partial charge is 0.416 e. The van der Waals surface area contributed by atoms with E-state index >= 15 is 0 Å². The molecular formula is C114H164N18OS. The zero-order valence-corrected chi connectivity index (χ0v) is 89.0. The van der Waals surface area contributed by atoms with Crippen molar-refractivity contribution in [2.45, 2.75) is 249 Å². The average molecular weight is 1830 g/mol. The Balaban J connectivity index is -0.000000262. The summed E-state index contributed by atoms with van der Waals surface area (Å²) in [4.78, 5) is 49.1. The van der Waals surface area contributed by atoms with Gasteiger partial charge in [-0.2, -0.15) is 18.9 Å². The maximum absolute atomic E-state index is 5.71. The van der Waals surface area contributed by atoms with Crippen LogP contribution in [0, 0.1) is 27.7 Å². The lowest BCUT2D eigenvalue weighted by atomic mass is 10.1. The van der Waals surface area contributed by atoms with Gasteiger partial charge in [-0.1, -0.05) is 360 Å². The Morgan fingerprint density at radius 1 is 0.201 bits per heavy atom. The number of para-hydroxylation sites is 11. The first-order valence-electron chi connectivity index (χ1n) is 48.1. The molecule has 0 aliphatic carbocycles. The third-order valence-corrected chi connectivity index (χ3v) is 14.8. The maximum Gasteiger partial charge on any atom is 0.248 e. The lowest BCUT2D eigenvalue weighted by Gasteiger charge is -1.98. The molecule has 0 unspecified atom stereocenters. The monoisotopic (exact) mass is 1830 g/mol. The van der Waals surface area contributed by atoms with Gasteiger partial charge in [-0.3, -0.25) is 29.9 Å². The number of benzene rings is 9. The van der Waals surface area contributed by atoms with Gasteiger partial charge in [0.05, 0.1) is 72.4 Å². The number of hydrogen-bond acceptors (Lipinski definition) is 20. The number of fused-ring (bicyclic) bond motifs is 7. The second-order valence-corrected chi connectivity index (χ2v) is 22.2. The zero-order chi connectivity index (χ0) is 102. The predicted octanol–water partition coefficient (Wildman–Crippen LogP) is 34.7. The second kappa shape index (κ2) is 101. The fraction of sp³-hybridized carbons (Fsp3) is 0.316. The van der Waals surface area contributed by atoms with E-state index in [9.17, 15) is 0 Å². The van der Waals surface area contributed by atoms with E-state index in [1.54, 1.807) is 80.4 Å². The van der Waals surface area contributed by atoms with Crippen LogP contribution in [0.3, 0.4) is 0 Å². The highest BCUT2D eigenvalue weighted by molar-refractivity contribution is 7.00. The molecule has 0 saturated carbocycles. The summed E-state index contributed by atoms with van der Waals surface area (Å²) >= 11 is 1.28. The van der Waals surface area contributed by atoms with Crippen LogP contribution in [-0.2, 0) is 0 Å². The minimum absolute atomic E-state index is 0.551. The number of pyridine rings is 2.